The van der Waals surface area contributed by atoms with E-state index in [1.165, 1.54) is 10.5 Å². The van der Waals surface area contributed by atoms with Crippen molar-refractivity contribution in [2.45, 2.75) is 30.8 Å². The fourth-order valence-electron chi connectivity index (χ4n) is 2.50. The highest BCUT2D eigenvalue weighted by molar-refractivity contribution is 8.00. The summed E-state index contributed by atoms with van der Waals surface area (Å²) in [5.41, 5.74) is 2.30. The first-order valence-corrected chi connectivity index (χ1v) is 7.38. The summed E-state index contributed by atoms with van der Waals surface area (Å²) < 4.78 is 5.64. The molecule has 0 radical (unpaired) electrons. The van der Waals surface area contributed by atoms with Crippen molar-refractivity contribution in [1.82, 2.24) is 0 Å². The number of fused-ring (bicyclic) bond motifs is 1. The van der Waals surface area contributed by atoms with Crippen molar-refractivity contribution in [1.29, 1.82) is 0 Å². The summed E-state index contributed by atoms with van der Waals surface area (Å²) >= 11 is 1.64. The second-order valence-electron chi connectivity index (χ2n) is 4.90. The van der Waals surface area contributed by atoms with Crippen LogP contribution in [0.25, 0.3) is 0 Å². The number of amides is 1. The van der Waals surface area contributed by atoms with Crippen LogP contribution in [0.15, 0.2) is 23.1 Å². The average molecular weight is 263 g/mol. The van der Waals surface area contributed by atoms with Crippen LogP contribution in [-0.4, -0.2) is 30.9 Å². The van der Waals surface area contributed by atoms with Gasteiger partial charge in [-0.25, -0.2) is 0 Å². The molecule has 1 saturated heterocycles. The van der Waals surface area contributed by atoms with E-state index in [1.54, 1.807) is 11.8 Å². The molecule has 0 N–H and O–H groups in total. The first-order chi connectivity index (χ1) is 8.74. The Morgan fingerprint density at radius 2 is 2.39 bits per heavy atom. The Morgan fingerprint density at radius 1 is 1.50 bits per heavy atom. The van der Waals surface area contributed by atoms with E-state index in [0.717, 1.165) is 25.1 Å². The Kier molecular flexibility index (Phi) is 3.31. The number of anilines is 1. The van der Waals surface area contributed by atoms with Crippen molar-refractivity contribution < 1.29 is 9.53 Å². The molecule has 0 unspecified atom stereocenters. The van der Waals surface area contributed by atoms with Gasteiger partial charge in [0.15, 0.2) is 0 Å². The molecular weight excluding hydrogens is 246 g/mol. The van der Waals surface area contributed by atoms with Crippen molar-refractivity contribution in [3.05, 3.63) is 23.8 Å². The molecule has 2 aliphatic rings. The van der Waals surface area contributed by atoms with Crippen molar-refractivity contribution in [3.8, 4) is 0 Å². The zero-order valence-corrected chi connectivity index (χ0v) is 11.3. The number of carbonyl (C=O) groups is 1. The summed E-state index contributed by atoms with van der Waals surface area (Å²) in [5, 5.41) is 0. The molecule has 4 heteroatoms. The molecule has 3 nitrogen and oxygen atoms in total. The van der Waals surface area contributed by atoms with Crippen LogP contribution in [0.2, 0.25) is 0 Å². The van der Waals surface area contributed by atoms with Gasteiger partial charge < -0.3 is 9.64 Å². The average Bonchev–Trinajstić information content (AvgIpc) is 2.86. The lowest BCUT2D eigenvalue weighted by Gasteiger charge is -2.31. The first kappa shape index (κ1) is 12.1. The SMILES string of the molecule is Cc1ccc2c(c1)SCC(=O)N2C[C@H]1CCCO1. The molecule has 18 heavy (non-hydrogen) atoms. The lowest BCUT2D eigenvalue weighted by Crippen LogP contribution is -2.40. The third-order valence-electron chi connectivity index (χ3n) is 3.47. The van der Waals surface area contributed by atoms with Crippen LogP contribution in [-0.2, 0) is 9.53 Å². The monoisotopic (exact) mass is 263 g/mol. The molecule has 2 heterocycles. The lowest BCUT2D eigenvalue weighted by molar-refractivity contribution is -0.116. The summed E-state index contributed by atoms with van der Waals surface area (Å²) in [5.74, 6) is 0.746. The van der Waals surface area contributed by atoms with Gasteiger partial charge in [0.25, 0.3) is 0 Å². The number of ether oxygens (including phenoxy) is 1. The highest BCUT2D eigenvalue weighted by Crippen LogP contribution is 2.36. The minimum absolute atomic E-state index is 0.201. The van der Waals surface area contributed by atoms with E-state index in [2.05, 4.69) is 25.1 Å². The van der Waals surface area contributed by atoms with Crippen LogP contribution >= 0.6 is 11.8 Å². The van der Waals surface area contributed by atoms with Crippen LogP contribution < -0.4 is 4.90 Å². The first-order valence-electron chi connectivity index (χ1n) is 6.39. The van der Waals surface area contributed by atoms with Crippen LogP contribution in [0.1, 0.15) is 18.4 Å². The number of nitrogens with zero attached hydrogens (tertiary/aromatic N) is 1. The van der Waals surface area contributed by atoms with Gasteiger partial charge in [0, 0.05) is 11.5 Å². The summed E-state index contributed by atoms with van der Waals surface area (Å²) in [6.07, 6.45) is 2.39. The largest absolute Gasteiger partial charge is 0.376 e. The maximum atomic E-state index is 12.1. The number of rotatable bonds is 2. The summed E-state index contributed by atoms with van der Waals surface area (Å²) in [6.45, 7) is 3.62. The van der Waals surface area contributed by atoms with E-state index >= 15 is 0 Å². The predicted molar refractivity (Wildman–Crippen MR) is 73.2 cm³/mol. The molecule has 1 fully saturated rings. The molecule has 0 bridgehead atoms. The van der Waals surface area contributed by atoms with Gasteiger partial charge in [-0.15, -0.1) is 11.8 Å². The van der Waals surface area contributed by atoms with Crippen molar-refractivity contribution in [2.24, 2.45) is 0 Å². The number of thioether (sulfide) groups is 1. The molecule has 0 aromatic heterocycles. The fourth-order valence-corrected chi connectivity index (χ4v) is 3.53. The van der Waals surface area contributed by atoms with Gasteiger partial charge in [0.2, 0.25) is 5.91 Å². The Balaban J connectivity index is 1.86. The molecule has 0 saturated carbocycles. The second kappa shape index (κ2) is 4.94. The quantitative estimate of drug-likeness (QED) is 0.821. The van der Waals surface area contributed by atoms with E-state index in [9.17, 15) is 4.79 Å². The van der Waals surface area contributed by atoms with Gasteiger partial charge in [0.1, 0.15) is 0 Å². The van der Waals surface area contributed by atoms with Crippen LogP contribution in [0.3, 0.4) is 0 Å². The van der Waals surface area contributed by atoms with E-state index in [1.807, 2.05) is 4.90 Å². The molecule has 3 rings (SSSR count). The number of aryl methyl sites for hydroxylation is 1. The lowest BCUT2D eigenvalue weighted by atomic mass is 10.1. The Bertz CT molecular complexity index is 469. The van der Waals surface area contributed by atoms with Crippen molar-refractivity contribution in [2.75, 3.05) is 23.8 Å². The Hall–Kier alpha value is -1.00. The normalized spacial score (nSPS) is 23.3. The Labute approximate surface area is 111 Å². The molecular formula is C14H17NO2S. The zero-order chi connectivity index (χ0) is 12.5. The van der Waals surface area contributed by atoms with Gasteiger partial charge in [0.05, 0.1) is 24.1 Å². The minimum atomic E-state index is 0.201. The summed E-state index contributed by atoms with van der Waals surface area (Å²) in [7, 11) is 0. The van der Waals surface area contributed by atoms with Crippen LogP contribution in [0.5, 0.6) is 0 Å². The van der Waals surface area contributed by atoms with E-state index in [-0.39, 0.29) is 12.0 Å². The molecule has 0 aliphatic carbocycles. The number of hydrogen-bond acceptors (Lipinski definition) is 3. The van der Waals surface area contributed by atoms with Crippen molar-refractivity contribution in [3.63, 3.8) is 0 Å². The number of carbonyl (C=O) groups excluding carboxylic acids is 1. The Morgan fingerprint density at radius 3 is 3.17 bits per heavy atom. The topological polar surface area (TPSA) is 29.5 Å². The summed E-state index contributed by atoms with van der Waals surface area (Å²) in [4.78, 5) is 15.2. The molecule has 0 spiro atoms. The number of hydrogen-bond donors (Lipinski definition) is 0. The maximum absolute atomic E-state index is 12.1. The maximum Gasteiger partial charge on any atom is 0.237 e. The zero-order valence-electron chi connectivity index (χ0n) is 10.5. The molecule has 1 aromatic carbocycles. The molecule has 1 amide bonds. The van der Waals surface area contributed by atoms with Gasteiger partial charge in [-0.3, -0.25) is 4.79 Å². The molecule has 96 valence electrons. The fraction of sp³-hybridized carbons (Fsp3) is 0.500. The molecule has 2 aliphatic heterocycles. The molecule has 1 atom stereocenters. The smallest absolute Gasteiger partial charge is 0.237 e. The van der Waals surface area contributed by atoms with Crippen LogP contribution in [0, 0.1) is 6.92 Å². The van der Waals surface area contributed by atoms with Crippen molar-refractivity contribution >= 4 is 23.4 Å². The predicted octanol–water partition coefficient (Wildman–Crippen LogP) is 2.61. The van der Waals surface area contributed by atoms with Gasteiger partial charge in [-0.05, 0) is 37.5 Å². The highest BCUT2D eigenvalue weighted by Gasteiger charge is 2.28. The highest BCUT2D eigenvalue weighted by atomic mass is 32.2. The van der Waals surface area contributed by atoms with E-state index < -0.39 is 0 Å². The standard InChI is InChI=1S/C14H17NO2S/c1-10-4-5-12-13(7-10)18-9-14(16)15(12)8-11-3-2-6-17-11/h4-5,7,11H,2-3,6,8-9H2,1H3/t11-/m1/s1. The van der Waals surface area contributed by atoms with Gasteiger partial charge in [-0.2, -0.15) is 0 Å². The molecule has 1 aromatic rings. The van der Waals surface area contributed by atoms with Crippen LogP contribution in [0.4, 0.5) is 5.69 Å². The third-order valence-corrected chi connectivity index (χ3v) is 4.50. The summed E-state index contributed by atoms with van der Waals surface area (Å²) in [6, 6.07) is 6.29. The van der Waals surface area contributed by atoms with Gasteiger partial charge in [-0.1, -0.05) is 6.07 Å². The van der Waals surface area contributed by atoms with Gasteiger partial charge >= 0.3 is 0 Å². The minimum Gasteiger partial charge on any atom is -0.376 e. The second-order valence-corrected chi connectivity index (χ2v) is 5.92. The number of benzene rings is 1. The third kappa shape index (κ3) is 2.27. The van der Waals surface area contributed by atoms with E-state index in [0.29, 0.717) is 12.3 Å². The van der Waals surface area contributed by atoms with E-state index in [4.69, 9.17) is 4.74 Å².